The van der Waals surface area contributed by atoms with E-state index in [1.807, 2.05) is 0 Å². The van der Waals surface area contributed by atoms with E-state index in [1.165, 1.54) is 0 Å². The number of hydrogen-bond donors (Lipinski definition) is 1. The molecule has 0 fully saturated rings. The summed E-state index contributed by atoms with van der Waals surface area (Å²) in [7, 11) is -0.523. The SMILES string of the molecule is COC(=O)C1(P(=O)(OC)OC)CC(C(=O)c2ccccc2)=NN1. The molecule has 0 radical (unpaired) electrons. The molecule has 0 aromatic heterocycles. The van der Waals surface area contributed by atoms with Crippen molar-refractivity contribution >= 4 is 25.1 Å². The van der Waals surface area contributed by atoms with E-state index < -0.39 is 18.8 Å². The summed E-state index contributed by atoms with van der Waals surface area (Å²) in [4.78, 5) is 24.7. The number of carbonyl (C=O) groups excluding carboxylic acids is 2. The maximum Gasteiger partial charge on any atom is 0.368 e. The first-order valence-corrected chi connectivity index (χ1v) is 8.22. The minimum atomic E-state index is -3.95. The number of Topliss-reactive ketones (excluding diaryl/α,β-unsaturated/α-hetero) is 1. The highest BCUT2D eigenvalue weighted by Crippen LogP contribution is 2.60. The van der Waals surface area contributed by atoms with Crippen LogP contribution in [0, 0.1) is 0 Å². The van der Waals surface area contributed by atoms with Gasteiger partial charge < -0.3 is 13.8 Å². The molecule has 124 valence electrons. The molecule has 23 heavy (non-hydrogen) atoms. The number of rotatable bonds is 6. The summed E-state index contributed by atoms with van der Waals surface area (Å²) in [6, 6.07) is 8.43. The molecule has 1 N–H and O–H groups in total. The van der Waals surface area contributed by atoms with E-state index in [0.29, 0.717) is 5.56 Å². The average molecular weight is 340 g/mol. The Hall–Kier alpha value is -2.02. The molecule has 8 nitrogen and oxygen atoms in total. The third kappa shape index (κ3) is 2.81. The molecule has 1 heterocycles. The summed E-state index contributed by atoms with van der Waals surface area (Å²) < 4.78 is 27.3. The Bertz CT molecular complexity index is 682. The number of ketones is 1. The van der Waals surface area contributed by atoms with Crippen LogP contribution in [0.1, 0.15) is 16.8 Å². The number of methoxy groups -OCH3 is 1. The first kappa shape index (κ1) is 17.3. The zero-order valence-corrected chi connectivity index (χ0v) is 13.8. The Labute approximate surface area is 133 Å². The number of carbonyl (C=O) groups is 2. The number of benzene rings is 1. The highest BCUT2D eigenvalue weighted by Gasteiger charge is 2.61. The van der Waals surface area contributed by atoms with Crippen molar-refractivity contribution in [2.75, 3.05) is 21.3 Å². The summed E-state index contributed by atoms with van der Waals surface area (Å²) in [5.41, 5.74) is 2.88. The topological polar surface area (TPSA) is 103 Å². The Balaban J connectivity index is 2.36. The van der Waals surface area contributed by atoms with Crippen molar-refractivity contribution in [1.82, 2.24) is 5.43 Å². The van der Waals surface area contributed by atoms with Crippen LogP contribution in [-0.2, 0) is 23.1 Å². The van der Waals surface area contributed by atoms with Crippen LogP contribution in [0.3, 0.4) is 0 Å². The molecule has 0 spiro atoms. The lowest BCUT2D eigenvalue weighted by Crippen LogP contribution is -2.48. The summed E-state index contributed by atoms with van der Waals surface area (Å²) in [5.74, 6) is -1.27. The van der Waals surface area contributed by atoms with Gasteiger partial charge in [-0.05, 0) is 0 Å². The summed E-state index contributed by atoms with van der Waals surface area (Å²) in [5, 5.41) is 2.00. The zero-order chi connectivity index (χ0) is 17.1. The van der Waals surface area contributed by atoms with Gasteiger partial charge in [0.1, 0.15) is 5.71 Å². The monoisotopic (exact) mass is 340 g/mol. The Kier molecular flexibility index (Phi) is 4.99. The van der Waals surface area contributed by atoms with Crippen LogP contribution in [0.4, 0.5) is 0 Å². The number of nitrogens with one attached hydrogen (secondary N) is 1. The fraction of sp³-hybridized carbons (Fsp3) is 0.357. The van der Waals surface area contributed by atoms with E-state index >= 15 is 0 Å². The highest BCUT2D eigenvalue weighted by molar-refractivity contribution is 7.56. The largest absolute Gasteiger partial charge is 0.467 e. The minimum Gasteiger partial charge on any atom is -0.467 e. The third-order valence-corrected chi connectivity index (χ3v) is 5.91. The van der Waals surface area contributed by atoms with Gasteiger partial charge in [-0.3, -0.25) is 14.8 Å². The molecule has 1 aromatic carbocycles. The Morgan fingerprint density at radius 1 is 1.17 bits per heavy atom. The second kappa shape index (κ2) is 6.62. The zero-order valence-electron chi connectivity index (χ0n) is 12.9. The van der Waals surface area contributed by atoms with E-state index in [4.69, 9.17) is 13.8 Å². The van der Waals surface area contributed by atoms with E-state index in [2.05, 4.69) is 10.5 Å². The van der Waals surface area contributed by atoms with E-state index in [1.54, 1.807) is 30.3 Å². The summed E-state index contributed by atoms with van der Waals surface area (Å²) >= 11 is 0. The number of ether oxygens (including phenoxy) is 1. The van der Waals surface area contributed by atoms with Crippen molar-refractivity contribution in [3.63, 3.8) is 0 Å². The fourth-order valence-corrected chi connectivity index (χ4v) is 3.91. The van der Waals surface area contributed by atoms with Crippen LogP contribution >= 0.6 is 7.60 Å². The van der Waals surface area contributed by atoms with Gasteiger partial charge in [-0.25, -0.2) is 4.79 Å². The van der Waals surface area contributed by atoms with Crippen LogP contribution < -0.4 is 5.43 Å². The van der Waals surface area contributed by atoms with Gasteiger partial charge in [-0.2, -0.15) is 5.10 Å². The normalized spacial score (nSPS) is 20.6. The molecule has 2 rings (SSSR count). The van der Waals surface area contributed by atoms with Crippen molar-refractivity contribution in [2.24, 2.45) is 5.10 Å². The predicted molar refractivity (Wildman–Crippen MR) is 82.3 cm³/mol. The van der Waals surface area contributed by atoms with Crippen LogP contribution in [0.15, 0.2) is 35.4 Å². The van der Waals surface area contributed by atoms with Gasteiger partial charge in [0.25, 0.3) is 5.28 Å². The number of hydrogen-bond acceptors (Lipinski definition) is 8. The molecule has 1 aliphatic rings. The van der Waals surface area contributed by atoms with Crippen molar-refractivity contribution in [2.45, 2.75) is 11.7 Å². The molecule has 1 aromatic rings. The standard InChI is InChI=1S/C14H17N2O6P/c1-20-13(18)14(23(19,21-2)22-3)9-11(15-16-14)12(17)10-7-5-4-6-8-10/h4-8,16H,9H2,1-3H3. The molecule has 0 aliphatic carbocycles. The highest BCUT2D eigenvalue weighted by atomic mass is 31.2. The predicted octanol–water partition coefficient (Wildman–Crippen LogP) is 1.57. The summed E-state index contributed by atoms with van der Waals surface area (Å²) in [6.07, 6.45) is -0.271. The van der Waals surface area contributed by atoms with Gasteiger partial charge in [0.15, 0.2) is 0 Å². The Morgan fingerprint density at radius 3 is 2.30 bits per heavy atom. The molecular weight excluding hydrogens is 323 g/mol. The van der Waals surface area contributed by atoms with Crippen molar-refractivity contribution < 1.29 is 27.9 Å². The van der Waals surface area contributed by atoms with Crippen LogP contribution in [0.25, 0.3) is 0 Å². The number of nitrogens with zero attached hydrogens (tertiary/aromatic N) is 1. The molecule has 1 unspecified atom stereocenters. The number of esters is 1. The van der Waals surface area contributed by atoms with Gasteiger partial charge in [-0.1, -0.05) is 30.3 Å². The van der Waals surface area contributed by atoms with Gasteiger partial charge in [0.2, 0.25) is 5.78 Å². The molecule has 0 bridgehead atoms. The second-order valence-corrected chi connectivity index (χ2v) is 7.25. The average Bonchev–Trinajstić information content (AvgIpc) is 3.07. The van der Waals surface area contributed by atoms with Crippen molar-refractivity contribution in [1.29, 1.82) is 0 Å². The molecule has 0 amide bonds. The van der Waals surface area contributed by atoms with Gasteiger partial charge in [0, 0.05) is 26.2 Å². The van der Waals surface area contributed by atoms with Gasteiger partial charge in [0.05, 0.1) is 7.11 Å². The van der Waals surface area contributed by atoms with Gasteiger partial charge >= 0.3 is 13.6 Å². The molecule has 0 saturated carbocycles. The van der Waals surface area contributed by atoms with Crippen molar-refractivity contribution in [3.8, 4) is 0 Å². The van der Waals surface area contributed by atoms with E-state index in [0.717, 1.165) is 21.3 Å². The molecule has 1 aliphatic heterocycles. The molecule has 9 heteroatoms. The van der Waals surface area contributed by atoms with Crippen LogP contribution in [-0.4, -0.2) is 44.1 Å². The maximum atomic E-state index is 12.8. The van der Waals surface area contributed by atoms with E-state index in [9.17, 15) is 14.2 Å². The minimum absolute atomic E-state index is 0.0379. The smallest absolute Gasteiger partial charge is 0.368 e. The third-order valence-electron chi connectivity index (χ3n) is 3.57. The van der Waals surface area contributed by atoms with Crippen molar-refractivity contribution in [3.05, 3.63) is 35.9 Å². The molecule has 1 atom stereocenters. The lowest BCUT2D eigenvalue weighted by Gasteiger charge is -2.30. The van der Waals surface area contributed by atoms with Gasteiger partial charge in [-0.15, -0.1) is 0 Å². The fourth-order valence-electron chi connectivity index (χ4n) is 2.31. The van der Waals surface area contributed by atoms with Crippen LogP contribution in [0.5, 0.6) is 0 Å². The lowest BCUT2D eigenvalue weighted by atomic mass is 10.0. The molecular formula is C14H17N2O6P. The Morgan fingerprint density at radius 2 is 1.78 bits per heavy atom. The van der Waals surface area contributed by atoms with Crippen LogP contribution in [0.2, 0.25) is 0 Å². The maximum absolute atomic E-state index is 12.8. The molecule has 0 saturated heterocycles. The quantitative estimate of drug-likeness (QED) is 0.476. The lowest BCUT2D eigenvalue weighted by molar-refractivity contribution is -0.145. The first-order chi connectivity index (χ1) is 10.9. The second-order valence-electron chi connectivity index (χ2n) is 4.76. The number of hydrazone groups is 1. The first-order valence-electron chi connectivity index (χ1n) is 6.67. The van der Waals surface area contributed by atoms with E-state index in [-0.39, 0.29) is 17.9 Å². The summed E-state index contributed by atoms with van der Waals surface area (Å²) in [6.45, 7) is 0.